The number of hydrogen-bond donors (Lipinski definition) is 2. The van der Waals surface area contributed by atoms with Gasteiger partial charge < -0.3 is 15.2 Å². The highest BCUT2D eigenvalue weighted by Crippen LogP contribution is 2.43. The third-order valence-electron chi connectivity index (χ3n) is 7.73. The monoisotopic (exact) mass is 579 g/mol. The first-order valence-corrected chi connectivity index (χ1v) is 15.3. The molecule has 1 aromatic heterocycles. The van der Waals surface area contributed by atoms with Crippen LogP contribution < -0.4 is 5.32 Å². The molecule has 2 aromatic rings. The quantitative estimate of drug-likeness (QED) is 0.0816. The van der Waals surface area contributed by atoms with Crippen molar-refractivity contribution in [2.45, 2.75) is 71.6 Å². The summed E-state index contributed by atoms with van der Waals surface area (Å²) in [6.45, 7) is 18.6. The molecule has 0 bridgehead atoms. The molecule has 43 heavy (non-hydrogen) atoms. The number of aromatic nitrogens is 1. The third kappa shape index (κ3) is 10.9. The van der Waals surface area contributed by atoms with E-state index in [1.54, 1.807) is 6.20 Å². The average Bonchev–Trinajstić information content (AvgIpc) is 3.80. The molecule has 1 amide bonds. The van der Waals surface area contributed by atoms with Gasteiger partial charge in [-0.05, 0) is 108 Å². The minimum Gasteiger partial charge on any atom is -0.379 e. The standard InChI is InChI=1S/C37H49N5O/c1-8-29(18-17-27(2)3)25-40-37(43)35(39-6)26-42(7)23-13-12-16-32(38-5)24-34-28(4)41-36(31-20-21-31)33(34)22-19-30-14-10-9-11-15-30/h8-11,14-15,17-18,24,26,31,41H,2,5-6,12-13,16,19-23,25H2,1,3-4,7H3,(H,40,43)/b18-17-,29-8+,32-24-,35-26-. The molecule has 6 heteroatoms. The first-order chi connectivity index (χ1) is 20.7. The molecular weight excluding hydrogens is 530 g/mol. The predicted molar refractivity (Wildman–Crippen MR) is 184 cm³/mol. The summed E-state index contributed by atoms with van der Waals surface area (Å²) in [6, 6.07) is 10.7. The van der Waals surface area contributed by atoms with E-state index in [0.29, 0.717) is 18.2 Å². The van der Waals surface area contributed by atoms with Crippen molar-refractivity contribution in [2.75, 3.05) is 20.1 Å². The summed E-state index contributed by atoms with van der Waals surface area (Å²) < 4.78 is 0. The topological polar surface area (TPSA) is 72.8 Å². The van der Waals surface area contributed by atoms with Gasteiger partial charge in [0.2, 0.25) is 0 Å². The number of rotatable bonds is 18. The van der Waals surface area contributed by atoms with Gasteiger partial charge in [-0.2, -0.15) is 0 Å². The Morgan fingerprint density at radius 1 is 1.12 bits per heavy atom. The predicted octanol–water partition coefficient (Wildman–Crippen LogP) is 7.87. The Morgan fingerprint density at radius 2 is 1.86 bits per heavy atom. The van der Waals surface area contributed by atoms with E-state index < -0.39 is 0 Å². The van der Waals surface area contributed by atoms with Crippen molar-refractivity contribution in [3.63, 3.8) is 0 Å². The number of allylic oxidation sites excluding steroid dienone is 4. The minimum atomic E-state index is -0.249. The molecule has 1 fully saturated rings. The molecule has 3 rings (SSSR count). The molecule has 228 valence electrons. The van der Waals surface area contributed by atoms with Crippen LogP contribution in [0.2, 0.25) is 0 Å². The van der Waals surface area contributed by atoms with E-state index in [1.165, 1.54) is 40.9 Å². The molecule has 1 aliphatic rings. The number of nitrogens with one attached hydrogen (secondary N) is 2. The molecule has 0 saturated heterocycles. The maximum atomic E-state index is 12.7. The summed E-state index contributed by atoms with van der Waals surface area (Å²) in [5.74, 6) is 0.414. The number of aliphatic imine (C=N–C) groups is 2. The van der Waals surface area contributed by atoms with Crippen LogP contribution in [0.15, 0.2) is 93.9 Å². The second-order valence-corrected chi connectivity index (χ2v) is 11.4. The van der Waals surface area contributed by atoms with Crippen molar-refractivity contribution in [1.29, 1.82) is 0 Å². The maximum absolute atomic E-state index is 12.7. The number of H-pyrrole nitrogens is 1. The molecule has 1 heterocycles. The number of aromatic amines is 1. The Hall–Kier alpha value is -4.19. The van der Waals surface area contributed by atoms with Gasteiger partial charge in [-0.25, -0.2) is 0 Å². The number of carbonyl (C=O) groups excluding carboxylic acids is 1. The number of amides is 1. The fraction of sp³-hybridized carbons (Fsp3) is 0.378. The third-order valence-corrected chi connectivity index (χ3v) is 7.73. The number of aryl methyl sites for hydroxylation is 2. The molecule has 0 atom stereocenters. The van der Waals surface area contributed by atoms with Crippen LogP contribution in [0.25, 0.3) is 6.08 Å². The number of hydrogen-bond acceptors (Lipinski definition) is 4. The fourth-order valence-electron chi connectivity index (χ4n) is 5.07. The lowest BCUT2D eigenvalue weighted by Crippen LogP contribution is -2.27. The lowest BCUT2D eigenvalue weighted by atomic mass is 9.97. The highest BCUT2D eigenvalue weighted by molar-refractivity contribution is 5.93. The van der Waals surface area contributed by atoms with Crippen LogP contribution in [0.1, 0.15) is 79.9 Å². The molecule has 0 spiro atoms. The fourth-order valence-corrected chi connectivity index (χ4v) is 5.07. The smallest absolute Gasteiger partial charge is 0.271 e. The van der Waals surface area contributed by atoms with E-state index in [9.17, 15) is 4.79 Å². The number of nitrogens with zero attached hydrogens (tertiary/aromatic N) is 3. The van der Waals surface area contributed by atoms with Crippen molar-refractivity contribution in [3.8, 4) is 0 Å². The first kappa shape index (κ1) is 33.3. The van der Waals surface area contributed by atoms with Crippen LogP contribution >= 0.6 is 0 Å². The second-order valence-electron chi connectivity index (χ2n) is 11.4. The van der Waals surface area contributed by atoms with E-state index in [1.807, 2.05) is 44.0 Å². The second kappa shape index (κ2) is 17.1. The summed E-state index contributed by atoms with van der Waals surface area (Å²) in [6.07, 6.45) is 17.2. The van der Waals surface area contributed by atoms with E-state index in [4.69, 9.17) is 0 Å². The average molecular weight is 580 g/mol. The Bertz CT molecular complexity index is 1390. The van der Waals surface area contributed by atoms with Gasteiger partial charge in [0.25, 0.3) is 5.91 Å². The molecule has 0 radical (unpaired) electrons. The molecular formula is C37H49N5O. The number of unbranched alkanes of at least 4 members (excludes halogenated alkanes) is 1. The molecule has 1 saturated carbocycles. The lowest BCUT2D eigenvalue weighted by molar-refractivity contribution is -0.117. The van der Waals surface area contributed by atoms with Gasteiger partial charge in [-0.3, -0.25) is 14.8 Å². The van der Waals surface area contributed by atoms with Gasteiger partial charge in [0.05, 0.1) is 0 Å². The molecule has 2 N–H and O–H groups in total. The Labute approximate surface area is 258 Å². The zero-order valence-corrected chi connectivity index (χ0v) is 26.6. The van der Waals surface area contributed by atoms with E-state index >= 15 is 0 Å². The van der Waals surface area contributed by atoms with Gasteiger partial charge in [0.15, 0.2) is 0 Å². The normalized spacial score (nSPS) is 14.2. The van der Waals surface area contributed by atoms with Crippen LogP contribution in [-0.4, -0.2) is 49.4 Å². The summed E-state index contributed by atoms with van der Waals surface area (Å²) >= 11 is 0. The SMILES string of the molecule is C=N/C(=C\c1c(C)[nH]c(C2CC2)c1CCc1ccccc1)CCCCN(C)/C=C(\N=C)C(=O)NCC(/C=C\C(=C)C)=C/C. The Balaban J connectivity index is 1.56. The summed E-state index contributed by atoms with van der Waals surface area (Å²) in [4.78, 5) is 26.8. The molecule has 0 unspecified atom stereocenters. The zero-order chi connectivity index (χ0) is 31.2. The van der Waals surface area contributed by atoms with Gasteiger partial charge in [0.1, 0.15) is 5.70 Å². The maximum Gasteiger partial charge on any atom is 0.271 e. The van der Waals surface area contributed by atoms with Crippen LogP contribution in [-0.2, 0) is 17.6 Å². The highest BCUT2D eigenvalue weighted by Gasteiger charge is 2.29. The minimum absolute atomic E-state index is 0.249. The van der Waals surface area contributed by atoms with Crippen LogP contribution in [0, 0.1) is 6.92 Å². The van der Waals surface area contributed by atoms with E-state index in [2.05, 4.69) is 83.6 Å². The van der Waals surface area contributed by atoms with Gasteiger partial charge in [0, 0.05) is 49.0 Å². The molecule has 0 aliphatic heterocycles. The molecule has 1 aliphatic carbocycles. The Morgan fingerprint density at radius 3 is 2.49 bits per heavy atom. The van der Waals surface area contributed by atoms with Crippen molar-refractivity contribution in [1.82, 2.24) is 15.2 Å². The van der Waals surface area contributed by atoms with Gasteiger partial charge in [-0.1, -0.05) is 60.7 Å². The van der Waals surface area contributed by atoms with Gasteiger partial charge >= 0.3 is 0 Å². The number of carbonyl (C=O) groups is 1. The summed E-state index contributed by atoms with van der Waals surface area (Å²) in [5.41, 5.74) is 9.97. The summed E-state index contributed by atoms with van der Waals surface area (Å²) in [5, 5.41) is 2.92. The first-order valence-electron chi connectivity index (χ1n) is 15.3. The molecule has 1 aromatic carbocycles. The lowest BCUT2D eigenvalue weighted by Gasteiger charge is -2.15. The number of benzene rings is 1. The Kier molecular flexibility index (Phi) is 13.2. The largest absolute Gasteiger partial charge is 0.379 e. The van der Waals surface area contributed by atoms with Gasteiger partial charge in [-0.15, -0.1) is 0 Å². The van der Waals surface area contributed by atoms with Crippen LogP contribution in [0.3, 0.4) is 0 Å². The van der Waals surface area contributed by atoms with Crippen LogP contribution in [0.4, 0.5) is 0 Å². The van der Waals surface area contributed by atoms with Crippen molar-refractivity contribution in [3.05, 3.63) is 112 Å². The molecule has 6 nitrogen and oxygen atoms in total. The van der Waals surface area contributed by atoms with Crippen LogP contribution in [0.5, 0.6) is 0 Å². The van der Waals surface area contributed by atoms with E-state index in [0.717, 1.165) is 55.5 Å². The van der Waals surface area contributed by atoms with Crippen molar-refractivity contribution in [2.24, 2.45) is 9.98 Å². The van der Waals surface area contributed by atoms with E-state index in [-0.39, 0.29) is 5.91 Å². The highest BCUT2D eigenvalue weighted by atomic mass is 16.2. The van der Waals surface area contributed by atoms with Crippen molar-refractivity contribution < 1.29 is 4.79 Å². The van der Waals surface area contributed by atoms with Crippen molar-refractivity contribution >= 4 is 25.4 Å². The zero-order valence-electron chi connectivity index (χ0n) is 26.6. The summed E-state index contributed by atoms with van der Waals surface area (Å²) in [7, 11) is 1.95.